The molecule has 0 aromatic carbocycles. The van der Waals surface area contributed by atoms with Crippen LogP contribution in [0, 0.1) is 5.41 Å². The molecule has 0 unspecified atom stereocenters. The van der Waals surface area contributed by atoms with Crippen LogP contribution >= 0.6 is 0 Å². The summed E-state index contributed by atoms with van der Waals surface area (Å²) >= 11 is 0. The van der Waals surface area contributed by atoms with Crippen LogP contribution < -0.4 is 11.1 Å². The maximum absolute atomic E-state index is 11.6. The van der Waals surface area contributed by atoms with Crippen molar-refractivity contribution in [3.05, 3.63) is 24.2 Å². The number of carbonyl (C=O) groups is 1. The van der Waals surface area contributed by atoms with Gasteiger partial charge in [-0.2, -0.15) is 0 Å². The lowest BCUT2D eigenvalue weighted by molar-refractivity contribution is -0.124. The van der Waals surface area contributed by atoms with Gasteiger partial charge in [-0.05, 0) is 11.5 Å². The van der Waals surface area contributed by atoms with Gasteiger partial charge in [0.25, 0.3) is 0 Å². The van der Waals surface area contributed by atoms with Gasteiger partial charge in [-0.15, -0.1) is 0 Å². The summed E-state index contributed by atoms with van der Waals surface area (Å²) in [5.41, 5.74) is 6.51. The van der Waals surface area contributed by atoms with Crippen LogP contribution in [-0.2, 0) is 11.3 Å². The minimum atomic E-state index is -0.496. The van der Waals surface area contributed by atoms with E-state index in [1.165, 1.54) is 0 Å². The third kappa shape index (κ3) is 3.40. The van der Waals surface area contributed by atoms with Gasteiger partial charge in [0.05, 0.1) is 18.6 Å². The van der Waals surface area contributed by atoms with Crippen molar-refractivity contribution in [3.63, 3.8) is 0 Å². The summed E-state index contributed by atoms with van der Waals surface area (Å²) in [6, 6.07) is 1.31. The molecule has 0 fully saturated rings. The van der Waals surface area contributed by atoms with Gasteiger partial charge in [-0.3, -0.25) is 4.79 Å². The third-order valence-corrected chi connectivity index (χ3v) is 2.26. The van der Waals surface area contributed by atoms with Gasteiger partial charge in [-0.25, -0.2) is 0 Å². The normalized spacial score (nSPS) is 13.6. The van der Waals surface area contributed by atoms with Gasteiger partial charge in [0.15, 0.2) is 0 Å². The summed E-state index contributed by atoms with van der Waals surface area (Å²) < 4.78 is 4.89. The summed E-state index contributed by atoms with van der Waals surface area (Å²) in [7, 11) is 0. The highest BCUT2D eigenvalue weighted by Crippen LogP contribution is 2.17. The summed E-state index contributed by atoms with van der Waals surface area (Å²) in [4.78, 5) is 11.6. The predicted octanol–water partition coefficient (Wildman–Crippen LogP) is 1.27. The molecule has 0 aliphatic carbocycles. The first-order valence-electron chi connectivity index (χ1n) is 4.95. The van der Waals surface area contributed by atoms with Crippen molar-refractivity contribution in [2.75, 3.05) is 0 Å². The summed E-state index contributed by atoms with van der Waals surface area (Å²) in [6.45, 7) is 6.28. The average molecular weight is 210 g/mol. The van der Waals surface area contributed by atoms with E-state index in [4.69, 9.17) is 10.2 Å². The van der Waals surface area contributed by atoms with Crippen molar-refractivity contribution in [3.8, 4) is 0 Å². The van der Waals surface area contributed by atoms with E-state index < -0.39 is 6.04 Å². The Morgan fingerprint density at radius 1 is 1.60 bits per heavy atom. The Bertz CT molecular complexity index is 312. The van der Waals surface area contributed by atoms with Gasteiger partial charge >= 0.3 is 0 Å². The van der Waals surface area contributed by atoms with E-state index in [0.717, 1.165) is 5.56 Å². The van der Waals surface area contributed by atoms with E-state index >= 15 is 0 Å². The van der Waals surface area contributed by atoms with E-state index in [1.54, 1.807) is 12.5 Å². The van der Waals surface area contributed by atoms with Crippen LogP contribution in [0.5, 0.6) is 0 Å². The monoisotopic (exact) mass is 210 g/mol. The van der Waals surface area contributed by atoms with Crippen molar-refractivity contribution in [2.24, 2.45) is 11.1 Å². The Labute approximate surface area is 89.8 Å². The van der Waals surface area contributed by atoms with Gasteiger partial charge in [0.1, 0.15) is 0 Å². The predicted molar refractivity (Wildman–Crippen MR) is 58.0 cm³/mol. The Balaban J connectivity index is 2.43. The second-order valence-electron chi connectivity index (χ2n) is 4.69. The average Bonchev–Trinajstić information content (AvgIpc) is 2.63. The van der Waals surface area contributed by atoms with E-state index in [9.17, 15) is 4.79 Å². The molecule has 1 aromatic rings. The summed E-state index contributed by atoms with van der Waals surface area (Å²) in [5.74, 6) is -0.135. The second-order valence-corrected chi connectivity index (χ2v) is 4.69. The van der Waals surface area contributed by atoms with Gasteiger partial charge in [0.2, 0.25) is 5.91 Å². The SMILES string of the molecule is CC(C)(C)[C@H](N)C(=O)NCc1ccoc1. The first-order valence-corrected chi connectivity index (χ1v) is 4.95. The number of hydrogen-bond acceptors (Lipinski definition) is 3. The number of hydrogen-bond donors (Lipinski definition) is 2. The molecule has 0 bridgehead atoms. The maximum atomic E-state index is 11.6. The van der Waals surface area contributed by atoms with Gasteiger partial charge in [0, 0.05) is 12.1 Å². The molecular formula is C11H18N2O2. The van der Waals surface area contributed by atoms with Crippen LogP contribution in [0.4, 0.5) is 0 Å². The zero-order valence-corrected chi connectivity index (χ0v) is 9.41. The molecule has 1 amide bonds. The van der Waals surface area contributed by atoms with Crippen LogP contribution in [0.25, 0.3) is 0 Å². The minimum absolute atomic E-state index is 0.135. The number of nitrogens with one attached hydrogen (secondary N) is 1. The molecule has 0 aliphatic heterocycles. The lowest BCUT2D eigenvalue weighted by atomic mass is 9.87. The molecule has 15 heavy (non-hydrogen) atoms. The Morgan fingerprint density at radius 3 is 2.73 bits per heavy atom. The molecule has 4 heteroatoms. The molecule has 1 atom stereocenters. The molecule has 0 aliphatic rings. The first kappa shape index (κ1) is 11.8. The highest BCUT2D eigenvalue weighted by atomic mass is 16.3. The fourth-order valence-corrected chi connectivity index (χ4v) is 1.09. The molecule has 84 valence electrons. The van der Waals surface area contributed by atoms with Crippen molar-refractivity contribution in [1.82, 2.24) is 5.32 Å². The fourth-order valence-electron chi connectivity index (χ4n) is 1.09. The summed E-state index contributed by atoms with van der Waals surface area (Å²) in [5, 5.41) is 2.77. The Morgan fingerprint density at radius 2 is 2.27 bits per heavy atom. The smallest absolute Gasteiger partial charge is 0.237 e. The minimum Gasteiger partial charge on any atom is -0.472 e. The standard InChI is InChI=1S/C11H18N2O2/c1-11(2,3)9(12)10(14)13-6-8-4-5-15-7-8/h4-5,7,9H,6,12H2,1-3H3,(H,13,14)/t9-/m1/s1. The number of furan rings is 1. The van der Waals surface area contributed by atoms with E-state index in [1.807, 2.05) is 26.8 Å². The molecule has 0 saturated heterocycles. The molecule has 1 aromatic heterocycles. The van der Waals surface area contributed by atoms with Crippen molar-refractivity contribution < 1.29 is 9.21 Å². The van der Waals surface area contributed by atoms with Gasteiger partial charge < -0.3 is 15.5 Å². The molecule has 1 rings (SSSR count). The topological polar surface area (TPSA) is 68.3 Å². The summed E-state index contributed by atoms with van der Waals surface area (Å²) in [6.07, 6.45) is 3.17. The maximum Gasteiger partial charge on any atom is 0.237 e. The van der Waals surface area contributed by atoms with Crippen molar-refractivity contribution >= 4 is 5.91 Å². The molecule has 0 radical (unpaired) electrons. The number of amides is 1. The van der Waals surface area contributed by atoms with E-state index in [2.05, 4.69) is 5.32 Å². The quantitative estimate of drug-likeness (QED) is 0.789. The molecule has 0 spiro atoms. The van der Waals surface area contributed by atoms with Crippen LogP contribution in [0.2, 0.25) is 0 Å². The number of rotatable bonds is 3. The number of nitrogens with two attached hydrogens (primary N) is 1. The lowest BCUT2D eigenvalue weighted by Gasteiger charge is -2.25. The van der Waals surface area contributed by atoms with E-state index in [0.29, 0.717) is 6.54 Å². The molecule has 0 saturated carbocycles. The molecule has 3 N–H and O–H groups in total. The fraction of sp³-hybridized carbons (Fsp3) is 0.545. The van der Waals surface area contributed by atoms with E-state index in [-0.39, 0.29) is 11.3 Å². The lowest BCUT2D eigenvalue weighted by Crippen LogP contribution is -2.48. The zero-order valence-electron chi connectivity index (χ0n) is 9.41. The van der Waals surface area contributed by atoms with Gasteiger partial charge in [-0.1, -0.05) is 20.8 Å². The third-order valence-electron chi connectivity index (χ3n) is 2.26. The number of carbonyl (C=O) groups excluding carboxylic acids is 1. The second kappa shape index (κ2) is 4.49. The molecule has 4 nitrogen and oxygen atoms in total. The van der Waals surface area contributed by atoms with Crippen molar-refractivity contribution in [1.29, 1.82) is 0 Å². The van der Waals surface area contributed by atoms with Crippen molar-refractivity contribution in [2.45, 2.75) is 33.4 Å². The molecule has 1 heterocycles. The Hall–Kier alpha value is -1.29. The van der Waals surface area contributed by atoms with Crippen LogP contribution in [-0.4, -0.2) is 11.9 Å². The highest BCUT2D eigenvalue weighted by molar-refractivity contribution is 5.82. The largest absolute Gasteiger partial charge is 0.472 e. The first-order chi connectivity index (χ1) is 6.91. The van der Waals surface area contributed by atoms with Crippen LogP contribution in [0.1, 0.15) is 26.3 Å². The van der Waals surface area contributed by atoms with Crippen LogP contribution in [0.3, 0.4) is 0 Å². The zero-order chi connectivity index (χ0) is 11.5. The molecular weight excluding hydrogens is 192 g/mol. The van der Waals surface area contributed by atoms with Crippen LogP contribution in [0.15, 0.2) is 23.0 Å². The Kier molecular flexibility index (Phi) is 3.52. The highest BCUT2D eigenvalue weighted by Gasteiger charge is 2.26.